The number of ether oxygens (including phenoxy) is 2. The number of Topliss-reactive ketones (excluding diaryl/α,β-unsaturated/α-hetero) is 1. The highest BCUT2D eigenvalue weighted by atomic mass is 31.2. The third-order valence-corrected chi connectivity index (χ3v) is 9.33. The Morgan fingerprint density at radius 2 is 2.04 bits per heavy atom. The van der Waals surface area contributed by atoms with E-state index < -0.39 is 50.5 Å². The van der Waals surface area contributed by atoms with Crippen LogP contribution in [0.25, 0.3) is 21.6 Å². The van der Waals surface area contributed by atoms with Crippen LogP contribution in [-0.2, 0) is 23.1 Å². The molecule has 2 aromatic heterocycles. The highest BCUT2D eigenvalue weighted by Gasteiger charge is 2.55. The number of aliphatic hydroxyl groups is 1. The number of hydrogen-bond donors (Lipinski definition) is 3. The molecular formula is C28H40N9O7P. The Balaban J connectivity index is 1.62. The van der Waals surface area contributed by atoms with E-state index in [0.29, 0.717) is 19.4 Å². The second kappa shape index (κ2) is 14.6. The quantitative estimate of drug-likeness (QED) is 0.0829. The van der Waals surface area contributed by atoms with Crippen LogP contribution in [0.5, 0.6) is 5.88 Å². The van der Waals surface area contributed by atoms with Crippen molar-refractivity contribution in [2.75, 3.05) is 18.9 Å². The molecule has 3 unspecified atom stereocenters. The number of hydrogen-bond acceptors (Lipinski definition) is 12. The summed E-state index contributed by atoms with van der Waals surface area (Å²) in [6.07, 6.45) is -1.23. The molecule has 0 saturated carbocycles. The molecule has 1 saturated heterocycles. The molecule has 3 aromatic rings. The van der Waals surface area contributed by atoms with Crippen LogP contribution in [0.4, 0.5) is 5.95 Å². The number of nitrogens with zero attached hydrogens (tertiary/aromatic N) is 7. The van der Waals surface area contributed by atoms with E-state index in [-0.39, 0.29) is 28.8 Å². The Labute approximate surface area is 260 Å². The van der Waals surface area contributed by atoms with Crippen molar-refractivity contribution in [2.24, 2.45) is 5.11 Å². The normalized spacial score (nSPS) is 24.1. The van der Waals surface area contributed by atoms with Gasteiger partial charge in [-0.1, -0.05) is 48.8 Å². The Bertz CT molecular complexity index is 1570. The maximum Gasteiger partial charge on any atom is 0.406 e. The lowest BCUT2D eigenvalue weighted by atomic mass is 9.93. The molecule has 1 fully saturated rings. The lowest BCUT2D eigenvalue weighted by Gasteiger charge is -2.28. The maximum atomic E-state index is 14.2. The standard InChI is InChI=1S/C28H40N9O7P/c1-6-8-14-20(38)17(3)34-45(40,44-18(4)19-12-10-9-11-13-19)42-15-21-23(39)28(5,35-36-30)26(43-21)37-16-31-22-24(37)32-27(29)33-25(22)41-7-2/h9-13,16-18,21,23,26,39H,6-8,14-15H2,1-5H3,(H,34,40)(H2,29,32,33)/t17-,18?,21+,23+,26+,28?,45?/m0/s1. The molecule has 1 aliphatic rings. The van der Waals surface area contributed by atoms with Crippen LogP contribution in [-0.4, -0.2) is 67.4 Å². The van der Waals surface area contributed by atoms with Gasteiger partial charge in [0.2, 0.25) is 11.8 Å². The van der Waals surface area contributed by atoms with Gasteiger partial charge in [0.1, 0.15) is 17.4 Å². The number of aromatic nitrogens is 4. The lowest BCUT2D eigenvalue weighted by Crippen LogP contribution is -2.43. The van der Waals surface area contributed by atoms with Gasteiger partial charge in [0.25, 0.3) is 0 Å². The average molecular weight is 646 g/mol. The second-order valence-corrected chi connectivity index (χ2v) is 12.6. The molecule has 1 aromatic carbocycles. The fraction of sp³-hybridized carbons (Fsp3) is 0.571. The number of anilines is 1. The van der Waals surface area contributed by atoms with Gasteiger partial charge in [0, 0.05) is 11.3 Å². The summed E-state index contributed by atoms with van der Waals surface area (Å²) in [5.41, 5.74) is 15.0. The molecule has 4 N–H and O–H groups in total. The number of unbranched alkanes of at least 4 members (excludes halogenated alkanes) is 1. The fourth-order valence-corrected chi connectivity index (χ4v) is 6.73. The van der Waals surface area contributed by atoms with E-state index in [1.807, 2.05) is 37.3 Å². The van der Waals surface area contributed by atoms with Gasteiger partial charge in [0.05, 0.1) is 37.8 Å². The first-order valence-electron chi connectivity index (χ1n) is 14.8. The number of fused-ring (bicyclic) bond motifs is 1. The van der Waals surface area contributed by atoms with Crippen molar-refractivity contribution in [3.63, 3.8) is 0 Å². The molecule has 0 radical (unpaired) electrons. The van der Waals surface area contributed by atoms with E-state index in [1.165, 1.54) is 17.8 Å². The van der Waals surface area contributed by atoms with Crippen molar-refractivity contribution in [3.8, 4) is 5.88 Å². The minimum atomic E-state index is -4.20. The molecule has 0 amide bonds. The summed E-state index contributed by atoms with van der Waals surface area (Å²) >= 11 is 0. The highest BCUT2D eigenvalue weighted by molar-refractivity contribution is 7.51. The summed E-state index contributed by atoms with van der Waals surface area (Å²) in [6.45, 7) is 8.40. The number of aliphatic hydroxyl groups excluding tert-OH is 1. The molecule has 1 aliphatic heterocycles. The van der Waals surface area contributed by atoms with E-state index in [4.69, 9.17) is 24.3 Å². The average Bonchev–Trinajstić information content (AvgIpc) is 3.53. The Morgan fingerprint density at radius 1 is 1.31 bits per heavy atom. The summed E-state index contributed by atoms with van der Waals surface area (Å²) in [5, 5.41) is 18.0. The first kappa shape index (κ1) is 34.3. The molecule has 45 heavy (non-hydrogen) atoms. The molecule has 3 heterocycles. The smallest absolute Gasteiger partial charge is 0.406 e. The van der Waals surface area contributed by atoms with Crippen LogP contribution < -0.4 is 15.6 Å². The van der Waals surface area contributed by atoms with Crippen LogP contribution in [0, 0.1) is 0 Å². The molecule has 0 aliphatic carbocycles. The number of carbonyl (C=O) groups excluding carboxylic acids is 1. The molecule has 0 spiro atoms. The fourth-order valence-electron chi connectivity index (χ4n) is 5.04. The van der Waals surface area contributed by atoms with Crippen molar-refractivity contribution in [2.45, 2.75) is 90.0 Å². The number of nitrogens with one attached hydrogen (secondary N) is 1. The Hall–Kier alpha value is -3.62. The number of benzene rings is 1. The predicted octanol–water partition coefficient (Wildman–Crippen LogP) is 4.77. The summed E-state index contributed by atoms with van der Waals surface area (Å²) in [7, 11) is -4.20. The van der Waals surface area contributed by atoms with Crippen molar-refractivity contribution >= 4 is 30.6 Å². The van der Waals surface area contributed by atoms with E-state index in [0.717, 1.165) is 12.0 Å². The molecule has 16 nitrogen and oxygen atoms in total. The van der Waals surface area contributed by atoms with Gasteiger partial charge >= 0.3 is 7.75 Å². The van der Waals surface area contributed by atoms with E-state index in [1.54, 1.807) is 20.8 Å². The van der Waals surface area contributed by atoms with Gasteiger partial charge in [-0.15, -0.1) is 0 Å². The zero-order valence-corrected chi connectivity index (χ0v) is 26.8. The zero-order chi connectivity index (χ0) is 32.8. The Kier molecular flexibility index (Phi) is 11.2. The minimum Gasteiger partial charge on any atom is -0.476 e. The number of nitrogens with two attached hydrogens (primary N) is 1. The minimum absolute atomic E-state index is 0.0871. The van der Waals surface area contributed by atoms with Crippen LogP contribution in [0.1, 0.15) is 71.8 Å². The predicted molar refractivity (Wildman–Crippen MR) is 165 cm³/mol. The molecule has 7 atom stereocenters. The first-order chi connectivity index (χ1) is 21.5. The summed E-state index contributed by atoms with van der Waals surface area (Å²) in [5.74, 6) is -0.0812. The van der Waals surface area contributed by atoms with Crippen molar-refractivity contribution in [1.29, 1.82) is 0 Å². The van der Waals surface area contributed by atoms with Gasteiger partial charge in [-0.05, 0) is 45.2 Å². The number of imidazole rings is 1. The third-order valence-electron chi connectivity index (χ3n) is 7.54. The van der Waals surface area contributed by atoms with Gasteiger partial charge in [0.15, 0.2) is 17.4 Å². The second-order valence-electron chi connectivity index (χ2n) is 10.9. The largest absolute Gasteiger partial charge is 0.476 e. The zero-order valence-electron chi connectivity index (χ0n) is 25.9. The van der Waals surface area contributed by atoms with E-state index in [9.17, 15) is 20.0 Å². The topological polar surface area (TPSA) is 222 Å². The number of carbonyl (C=O) groups is 1. The Morgan fingerprint density at radius 3 is 2.71 bits per heavy atom. The molecule has 244 valence electrons. The SMILES string of the molecule is CCCCC(=O)[C@H](C)NP(=O)(OC[C@H]1O[C@@H](n2cnc3c(OCC)nc(N)nc32)C(C)(N=[N+]=[N-])[C@@H]1O)OC(C)c1ccccc1. The van der Waals surface area contributed by atoms with Crippen LogP contribution in [0.3, 0.4) is 0 Å². The summed E-state index contributed by atoms with van der Waals surface area (Å²) < 4.78 is 39.2. The number of nitrogen functional groups attached to an aromatic ring is 1. The number of rotatable bonds is 16. The number of azide groups is 1. The monoisotopic (exact) mass is 645 g/mol. The molecule has 4 rings (SSSR count). The summed E-state index contributed by atoms with van der Waals surface area (Å²) in [4.78, 5) is 28.4. The van der Waals surface area contributed by atoms with Gasteiger partial charge in [-0.25, -0.2) is 14.6 Å². The lowest BCUT2D eigenvalue weighted by molar-refractivity contribution is -0.120. The van der Waals surface area contributed by atoms with Crippen molar-refractivity contribution in [3.05, 3.63) is 52.7 Å². The van der Waals surface area contributed by atoms with Crippen molar-refractivity contribution < 1.29 is 33.0 Å². The van der Waals surface area contributed by atoms with Crippen molar-refractivity contribution in [1.82, 2.24) is 24.6 Å². The van der Waals surface area contributed by atoms with E-state index >= 15 is 0 Å². The van der Waals surface area contributed by atoms with Gasteiger partial charge < -0.3 is 20.3 Å². The van der Waals surface area contributed by atoms with E-state index in [2.05, 4.69) is 30.1 Å². The van der Waals surface area contributed by atoms with Gasteiger partial charge in [-0.3, -0.25) is 18.4 Å². The highest BCUT2D eigenvalue weighted by Crippen LogP contribution is 2.51. The van der Waals surface area contributed by atoms with Crippen LogP contribution in [0.15, 0.2) is 41.8 Å². The number of ketones is 1. The maximum absolute atomic E-state index is 14.2. The summed E-state index contributed by atoms with van der Waals surface area (Å²) in [6, 6.07) is 8.26. The molecule has 17 heteroatoms. The third kappa shape index (κ3) is 7.61. The van der Waals surface area contributed by atoms with Crippen LogP contribution in [0.2, 0.25) is 0 Å². The van der Waals surface area contributed by atoms with Gasteiger partial charge in [-0.2, -0.15) is 9.97 Å². The molecular weight excluding hydrogens is 605 g/mol. The molecule has 0 bridgehead atoms. The first-order valence-corrected chi connectivity index (χ1v) is 16.3. The van der Waals surface area contributed by atoms with Crippen LogP contribution >= 0.6 is 7.75 Å².